The molecule has 6 nitrogen and oxygen atoms in total. The number of anilines is 1. The summed E-state index contributed by atoms with van der Waals surface area (Å²) >= 11 is 0. The summed E-state index contributed by atoms with van der Waals surface area (Å²) < 4.78 is 0. The second-order valence-electron chi connectivity index (χ2n) is 5.80. The lowest BCUT2D eigenvalue weighted by Crippen LogP contribution is -2.35. The van der Waals surface area contributed by atoms with Gasteiger partial charge in [0.15, 0.2) is 0 Å². The van der Waals surface area contributed by atoms with Crippen molar-refractivity contribution in [3.8, 4) is 0 Å². The Kier molecular flexibility index (Phi) is 4.35. The van der Waals surface area contributed by atoms with Gasteiger partial charge in [0.05, 0.1) is 6.04 Å². The van der Waals surface area contributed by atoms with E-state index in [4.69, 9.17) is 21.9 Å². The number of aliphatic imine (C=N–C) groups is 1. The van der Waals surface area contributed by atoms with E-state index in [9.17, 15) is 4.79 Å². The Hall–Kier alpha value is -3.41. The van der Waals surface area contributed by atoms with Crippen molar-refractivity contribution >= 4 is 23.6 Å². The Morgan fingerprint density at radius 3 is 2.60 bits per heavy atom. The van der Waals surface area contributed by atoms with Crippen LogP contribution in [0.4, 0.5) is 5.69 Å². The number of benzene rings is 2. The number of rotatable bonds is 4. The zero-order chi connectivity index (χ0) is 18.0. The normalized spacial score (nSPS) is 16.4. The third kappa shape index (κ3) is 3.14. The standard InChI is InChI=1S/C19H19N5O/c1-11-7-8-14(21)13(10-20)17(11)15-9-16(18(22)25)24-19(23-15)12-5-3-2-4-6-12/h2-10,15,20H,21H2,1H3,(H2,22,25)(H,23,24). The highest BCUT2D eigenvalue weighted by atomic mass is 16.1. The second-order valence-corrected chi connectivity index (χ2v) is 5.80. The van der Waals surface area contributed by atoms with Crippen LogP contribution in [-0.4, -0.2) is 18.0 Å². The number of nitrogens with two attached hydrogens (primary N) is 2. The second kappa shape index (κ2) is 6.60. The zero-order valence-electron chi connectivity index (χ0n) is 13.8. The largest absolute Gasteiger partial charge is 0.398 e. The van der Waals surface area contributed by atoms with Gasteiger partial charge in [0.2, 0.25) is 0 Å². The van der Waals surface area contributed by atoms with Gasteiger partial charge in [0.1, 0.15) is 11.5 Å². The summed E-state index contributed by atoms with van der Waals surface area (Å²) in [6.45, 7) is 1.93. The van der Waals surface area contributed by atoms with Crippen molar-refractivity contribution in [3.63, 3.8) is 0 Å². The summed E-state index contributed by atoms with van der Waals surface area (Å²) in [5.41, 5.74) is 15.5. The van der Waals surface area contributed by atoms with Gasteiger partial charge in [-0.2, -0.15) is 0 Å². The number of amides is 1. The smallest absolute Gasteiger partial charge is 0.264 e. The molecule has 1 aliphatic heterocycles. The summed E-state index contributed by atoms with van der Waals surface area (Å²) in [5, 5.41) is 10.7. The fourth-order valence-corrected chi connectivity index (χ4v) is 2.89. The van der Waals surface area contributed by atoms with Crippen molar-refractivity contribution < 1.29 is 4.79 Å². The highest BCUT2D eigenvalue weighted by Gasteiger charge is 2.24. The minimum absolute atomic E-state index is 0.275. The molecule has 0 bridgehead atoms. The summed E-state index contributed by atoms with van der Waals surface area (Å²) in [7, 11) is 0. The highest BCUT2D eigenvalue weighted by molar-refractivity contribution is 6.06. The first-order valence-corrected chi connectivity index (χ1v) is 7.82. The minimum atomic E-state index is -0.564. The monoisotopic (exact) mass is 333 g/mol. The Bertz CT molecular complexity index is 900. The van der Waals surface area contributed by atoms with Gasteiger partial charge in [-0.3, -0.25) is 9.79 Å². The third-order valence-corrected chi connectivity index (χ3v) is 4.14. The van der Waals surface area contributed by atoms with E-state index in [0.717, 1.165) is 16.7 Å². The number of carbonyl (C=O) groups excluding carboxylic acids is 1. The molecule has 0 saturated heterocycles. The van der Waals surface area contributed by atoms with Crippen molar-refractivity contribution in [3.05, 3.63) is 76.5 Å². The first-order valence-electron chi connectivity index (χ1n) is 7.82. The molecule has 25 heavy (non-hydrogen) atoms. The van der Waals surface area contributed by atoms with Crippen molar-refractivity contribution in [2.75, 3.05) is 5.73 Å². The van der Waals surface area contributed by atoms with Crippen molar-refractivity contribution in [1.82, 2.24) is 5.32 Å². The fraction of sp³-hybridized carbons (Fsp3) is 0.105. The molecule has 3 rings (SSSR count). The number of nitrogens with one attached hydrogen (secondary N) is 2. The first kappa shape index (κ1) is 16.4. The van der Waals surface area contributed by atoms with Gasteiger partial charge in [0.25, 0.3) is 5.91 Å². The van der Waals surface area contributed by atoms with E-state index in [2.05, 4.69) is 5.32 Å². The molecule has 126 valence electrons. The maximum absolute atomic E-state index is 11.8. The molecule has 0 radical (unpaired) electrons. The van der Waals surface area contributed by atoms with Crippen LogP contribution < -0.4 is 16.8 Å². The Morgan fingerprint density at radius 2 is 1.96 bits per heavy atom. The number of nitrogen functional groups attached to an aromatic ring is 1. The van der Waals surface area contributed by atoms with E-state index in [1.165, 1.54) is 6.21 Å². The summed E-state index contributed by atoms with van der Waals surface area (Å²) in [6.07, 6.45) is 2.89. The molecular weight excluding hydrogens is 314 g/mol. The molecule has 6 N–H and O–H groups in total. The summed E-state index contributed by atoms with van der Waals surface area (Å²) in [5.74, 6) is -0.00838. The highest BCUT2D eigenvalue weighted by Crippen LogP contribution is 2.31. The van der Waals surface area contributed by atoms with Crippen LogP contribution in [0.15, 0.2) is 59.2 Å². The topological polar surface area (TPSA) is 117 Å². The molecule has 0 aromatic heterocycles. The molecule has 2 aromatic carbocycles. The molecule has 0 fully saturated rings. The number of hydrogen-bond acceptors (Lipinski definition) is 5. The number of carbonyl (C=O) groups is 1. The summed E-state index contributed by atoms with van der Waals surface area (Å²) in [6, 6.07) is 12.7. The number of aryl methyl sites for hydroxylation is 1. The Morgan fingerprint density at radius 1 is 1.24 bits per heavy atom. The van der Waals surface area contributed by atoms with E-state index in [1.807, 2.05) is 43.3 Å². The molecule has 0 aliphatic carbocycles. The number of primary amides is 1. The third-order valence-electron chi connectivity index (χ3n) is 4.14. The van der Waals surface area contributed by atoms with Gasteiger partial charge >= 0.3 is 0 Å². The SMILES string of the molecule is Cc1ccc(N)c(C=N)c1C1C=C(C(N)=O)NC(c2ccccc2)=N1. The zero-order valence-corrected chi connectivity index (χ0v) is 13.8. The van der Waals surface area contributed by atoms with Crippen LogP contribution in [0, 0.1) is 12.3 Å². The van der Waals surface area contributed by atoms with E-state index in [-0.39, 0.29) is 5.70 Å². The molecule has 0 spiro atoms. The molecule has 1 heterocycles. The molecule has 1 amide bonds. The van der Waals surface area contributed by atoms with Crippen LogP contribution in [0.1, 0.15) is 28.3 Å². The van der Waals surface area contributed by atoms with Gasteiger partial charge in [-0.1, -0.05) is 36.4 Å². The lowest BCUT2D eigenvalue weighted by atomic mass is 9.93. The van der Waals surface area contributed by atoms with Crippen LogP contribution in [0.2, 0.25) is 0 Å². The Labute approximate surface area is 145 Å². The maximum atomic E-state index is 11.8. The van der Waals surface area contributed by atoms with Gasteiger partial charge in [-0.25, -0.2) is 0 Å². The predicted molar refractivity (Wildman–Crippen MR) is 99.6 cm³/mol. The molecule has 1 aliphatic rings. The van der Waals surface area contributed by atoms with E-state index in [0.29, 0.717) is 17.1 Å². The van der Waals surface area contributed by atoms with Gasteiger partial charge in [-0.15, -0.1) is 0 Å². The first-order chi connectivity index (χ1) is 12.0. The molecular formula is C19H19N5O. The van der Waals surface area contributed by atoms with Gasteiger partial charge in [-0.05, 0) is 30.2 Å². The lowest BCUT2D eigenvalue weighted by molar-refractivity contribution is -0.114. The van der Waals surface area contributed by atoms with Crippen molar-refractivity contribution in [1.29, 1.82) is 5.41 Å². The average molecular weight is 333 g/mol. The minimum Gasteiger partial charge on any atom is -0.398 e. The van der Waals surface area contributed by atoms with Gasteiger partial charge < -0.3 is 22.2 Å². The van der Waals surface area contributed by atoms with E-state index < -0.39 is 11.9 Å². The molecule has 0 saturated carbocycles. The number of hydrogen-bond donors (Lipinski definition) is 4. The molecule has 6 heteroatoms. The van der Waals surface area contributed by atoms with E-state index in [1.54, 1.807) is 12.1 Å². The molecule has 1 unspecified atom stereocenters. The fourth-order valence-electron chi connectivity index (χ4n) is 2.89. The average Bonchev–Trinajstić information content (AvgIpc) is 2.63. The van der Waals surface area contributed by atoms with Crippen LogP contribution in [0.3, 0.4) is 0 Å². The summed E-state index contributed by atoms with van der Waals surface area (Å²) in [4.78, 5) is 16.5. The van der Waals surface area contributed by atoms with Crippen LogP contribution in [0.5, 0.6) is 0 Å². The molecule has 1 atom stereocenters. The maximum Gasteiger partial charge on any atom is 0.264 e. The van der Waals surface area contributed by atoms with Gasteiger partial charge in [0, 0.05) is 23.0 Å². The van der Waals surface area contributed by atoms with E-state index >= 15 is 0 Å². The number of amidine groups is 1. The van der Waals surface area contributed by atoms with Crippen LogP contribution in [0.25, 0.3) is 0 Å². The Balaban J connectivity index is 2.18. The van der Waals surface area contributed by atoms with Crippen LogP contribution >= 0.6 is 0 Å². The van der Waals surface area contributed by atoms with Crippen molar-refractivity contribution in [2.45, 2.75) is 13.0 Å². The van der Waals surface area contributed by atoms with Crippen molar-refractivity contribution in [2.24, 2.45) is 10.7 Å². The lowest BCUT2D eigenvalue weighted by Gasteiger charge is -2.24. The molecule has 2 aromatic rings. The van der Waals surface area contributed by atoms with Crippen LogP contribution in [-0.2, 0) is 4.79 Å². The quantitative estimate of drug-likeness (QED) is 0.506. The number of nitrogens with zero attached hydrogens (tertiary/aromatic N) is 1. The predicted octanol–water partition coefficient (Wildman–Crippen LogP) is 2.04.